The number of hydrogen-bond acceptors (Lipinski definition) is 5. The normalized spacial score (nSPS) is 12.7. The van der Waals surface area contributed by atoms with Crippen LogP contribution in [0.25, 0.3) is 0 Å². The Balaban J connectivity index is 2.10. The highest BCUT2D eigenvalue weighted by Gasteiger charge is 2.37. The van der Waals surface area contributed by atoms with Crippen molar-refractivity contribution in [3.8, 4) is 0 Å². The van der Waals surface area contributed by atoms with Crippen molar-refractivity contribution in [2.75, 3.05) is 18.5 Å². The number of aryl methyl sites for hydroxylation is 3. The highest BCUT2D eigenvalue weighted by atomic mass is 16.6. The summed E-state index contributed by atoms with van der Waals surface area (Å²) in [4.78, 5) is 42.9. The highest BCUT2D eigenvalue weighted by molar-refractivity contribution is 6.00. The highest BCUT2D eigenvalue weighted by Crippen LogP contribution is 2.30. The first-order valence-corrected chi connectivity index (χ1v) is 14.2. The average Bonchev–Trinajstić information content (AvgIpc) is 2.91. The summed E-state index contributed by atoms with van der Waals surface area (Å²) < 4.78 is 5.48. The first kappa shape index (κ1) is 32.3. The zero-order valence-electron chi connectivity index (χ0n) is 25.7. The summed E-state index contributed by atoms with van der Waals surface area (Å²) in [5, 5.41) is 15.9. The van der Waals surface area contributed by atoms with Crippen molar-refractivity contribution >= 4 is 23.6 Å². The molecule has 3 aromatic rings. The summed E-state index contributed by atoms with van der Waals surface area (Å²) in [5.74, 6) is -0.931. The van der Waals surface area contributed by atoms with Crippen LogP contribution in [0.1, 0.15) is 60.2 Å². The predicted octanol–water partition coefficient (Wildman–Crippen LogP) is 5.56. The molecule has 0 aliphatic rings. The number of nitrogens with one attached hydrogen (secondary N) is 2. The molecule has 0 radical (unpaired) electrons. The van der Waals surface area contributed by atoms with E-state index in [0.29, 0.717) is 11.3 Å². The number of nitrogens with zero attached hydrogens (tertiary/aromatic N) is 1. The van der Waals surface area contributed by atoms with Gasteiger partial charge in [0.25, 0.3) is 5.91 Å². The fourth-order valence-electron chi connectivity index (χ4n) is 4.90. The largest absolute Gasteiger partial charge is 0.444 e. The molecule has 0 aromatic heterocycles. The number of aliphatic hydroxyl groups is 1. The molecule has 0 heterocycles. The van der Waals surface area contributed by atoms with Crippen molar-refractivity contribution in [1.29, 1.82) is 0 Å². The number of carbonyl (C=O) groups excluding carboxylic acids is 3. The number of alkyl carbamates (subject to hydrolysis) is 1. The molecule has 2 unspecified atom stereocenters. The Kier molecular flexibility index (Phi) is 10.9. The number of aliphatic hydroxyl groups excluding tert-OH is 1. The molecule has 3 rings (SSSR count). The van der Waals surface area contributed by atoms with E-state index in [1.54, 1.807) is 20.8 Å². The van der Waals surface area contributed by atoms with Gasteiger partial charge in [0.05, 0.1) is 6.61 Å². The summed E-state index contributed by atoms with van der Waals surface area (Å²) in [7, 11) is 0. The van der Waals surface area contributed by atoms with E-state index in [9.17, 15) is 19.5 Å². The Labute approximate surface area is 249 Å². The van der Waals surface area contributed by atoms with Gasteiger partial charge in [-0.1, -0.05) is 66.7 Å². The van der Waals surface area contributed by atoms with Gasteiger partial charge in [0.2, 0.25) is 5.91 Å². The van der Waals surface area contributed by atoms with Crippen LogP contribution in [-0.2, 0) is 20.7 Å². The van der Waals surface area contributed by atoms with Gasteiger partial charge < -0.3 is 25.4 Å². The summed E-state index contributed by atoms with van der Waals surface area (Å²) >= 11 is 0. The topological polar surface area (TPSA) is 108 Å². The summed E-state index contributed by atoms with van der Waals surface area (Å²) in [5.41, 5.74) is 4.93. The van der Waals surface area contributed by atoms with Gasteiger partial charge in [-0.05, 0) is 81.8 Å². The second kappa shape index (κ2) is 14.1. The molecule has 8 nitrogen and oxygen atoms in total. The maximum atomic E-state index is 14.4. The molecular formula is C34H43N3O5. The minimum Gasteiger partial charge on any atom is -0.444 e. The van der Waals surface area contributed by atoms with Gasteiger partial charge in [-0.2, -0.15) is 0 Å². The zero-order valence-corrected chi connectivity index (χ0v) is 25.7. The van der Waals surface area contributed by atoms with Gasteiger partial charge in [0.15, 0.2) is 0 Å². The van der Waals surface area contributed by atoms with Crippen LogP contribution in [0.2, 0.25) is 0 Å². The summed E-state index contributed by atoms with van der Waals surface area (Å²) in [6.45, 7) is 12.4. The minimum absolute atomic E-state index is 0.127. The summed E-state index contributed by atoms with van der Waals surface area (Å²) in [6, 6.07) is 18.5. The van der Waals surface area contributed by atoms with E-state index < -0.39 is 35.6 Å². The fraction of sp³-hybridized carbons (Fsp3) is 0.382. The lowest BCUT2D eigenvalue weighted by Crippen LogP contribution is -2.54. The number of ether oxygens (including phenoxy) is 1. The predicted molar refractivity (Wildman–Crippen MR) is 165 cm³/mol. The van der Waals surface area contributed by atoms with Crippen LogP contribution in [0.5, 0.6) is 0 Å². The quantitative estimate of drug-likeness (QED) is 0.295. The molecule has 2 atom stereocenters. The Morgan fingerprint density at radius 1 is 0.857 bits per heavy atom. The van der Waals surface area contributed by atoms with Crippen LogP contribution in [0.3, 0.4) is 0 Å². The molecule has 0 fully saturated rings. The number of carbonyl (C=O) groups is 3. The van der Waals surface area contributed by atoms with Gasteiger partial charge in [-0.25, -0.2) is 4.79 Å². The Bertz CT molecular complexity index is 1380. The van der Waals surface area contributed by atoms with Crippen molar-refractivity contribution in [1.82, 2.24) is 10.2 Å². The maximum Gasteiger partial charge on any atom is 0.408 e. The number of benzene rings is 3. The Hall–Kier alpha value is -4.17. The average molecular weight is 574 g/mol. The van der Waals surface area contributed by atoms with E-state index in [-0.39, 0.29) is 19.6 Å². The number of amides is 3. The first-order chi connectivity index (χ1) is 19.8. The molecule has 3 aromatic carbocycles. The third-order valence-corrected chi connectivity index (χ3v) is 7.13. The van der Waals surface area contributed by atoms with Crippen LogP contribution >= 0.6 is 0 Å². The number of rotatable bonds is 10. The van der Waals surface area contributed by atoms with Crippen LogP contribution in [0.15, 0.2) is 66.7 Å². The third-order valence-electron chi connectivity index (χ3n) is 7.13. The number of hydrogen-bond donors (Lipinski definition) is 3. The van der Waals surface area contributed by atoms with Gasteiger partial charge in [0.1, 0.15) is 17.7 Å². The molecular weight excluding hydrogens is 530 g/mol. The minimum atomic E-state index is -1.08. The van der Waals surface area contributed by atoms with Crippen LogP contribution < -0.4 is 10.6 Å². The van der Waals surface area contributed by atoms with E-state index >= 15 is 0 Å². The first-order valence-electron chi connectivity index (χ1n) is 14.2. The van der Waals surface area contributed by atoms with Crippen molar-refractivity contribution in [2.24, 2.45) is 0 Å². The third kappa shape index (κ3) is 8.42. The molecule has 0 bridgehead atoms. The molecule has 224 valence electrons. The molecule has 8 heteroatoms. The van der Waals surface area contributed by atoms with E-state index in [4.69, 9.17) is 4.74 Å². The molecule has 3 amide bonds. The smallest absolute Gasteiger partial charge is 0.408 e. The fourth-order valence-corrected chi connectivity index (χ4v) is 4.90. The van der Waals surface area contributed by atoms with E-state index in [2.05, 4.69) is 10.6 Å². The van der Waals surface area contributed by atoms with E-state index in [1.807, 2.05) is 94.4 Å². The SMILES string of the molecule is Cc1cccc(C(C(=O)Nc2c(C)cccc2C)N(CCO)C(=O)C(Cc2ccccc2)NC(=O)OC(C)(C)C)c1C. The molecule has 0 saturated carbocycles. The van der Waals surface area contributed by atoms with E-state index in [1.165, 1.54) is 4.90 Å². The molecule has 0 aliphatic carbocycles. The standard InChI is InChI=1S/C34H43N3O5/c1-22-13-12-18-27(25(22)4)30(31(39)36-29-23(2)14-11-15-24(29)3)37(19-20-38)32(40)28(21-26-16-9-8-10-17-26)35-33(41)42-34(5,6)7/h8-18,28,30,38H,19-21H2,1-7H3,(H,35,41)(H,36,39). The number of para-hydroxylation sites is 1. The van der Waals surface area contributed by atoms with Crippen molar-refractivity contribution in [3.05, 3.63) is 100 Å². The molecule has 42 heavy (non-hydrogen) atoms. The lowest BCUT2D eigenvalue weighted by atomic mass is 9.94. The van der Waals surface area contributed by atoms with Gasteiger partial charge in [-0.3, -0.25) is 9.59 Å². The van der Waals surface area contributed by atoms with Crippen LogP contribution in [0.4, 0.5) is 10.5 Å². The van der Waals surface area contributed by atoms with Crippen molar-refractivity contribution in [3.63, 3.8) is 0 Å². The lowest BCUT2D eigenvalue weighted by Gasteiger charge is -2.35. The van der Waals surface area contributed by atoms with Crippen molar-refractivity contribution < 1.29 is 24.2 Å². The Morgan fingerprint density at radius 3 is 2.05 bits per heavy atom. The second-order valence-corrected chi connectivity index (χ2v) is 11.6. The van der Waals surface area contributed by atoms with Crippen molar-refractivity contribution in [2.45, 2.75) is 72.6 Å². The summed E-state index contributed by atoms with van der Waals surface area (Å²) in [6.07, 6.45) is -0.581. The molecule has 3 N–H and O–H groups in total. The monoisotopic (exact) mass is 573 g/mol. The van der Waals surface area contributed by atoms with Gasteiger partial charge >= 0.3 is 6.09 Å². The zero-order chi connectivity index (χ0) is 31.0. The Morgan fingerprint density at radius 2 is 1.45 bits per heavy atom. The van der Waals surface area contributed by atoms with Gasteiger partial charge in [0, 0.05) is 18.7 Å². The van der Waals surface area contributed by atoms with Gasteiger partial charge in [-0.15, -0.1) is 0 Å². The molecule has 0 saturated heterocycles. The molecule has 0 aliphatic heterocycles. The number of anilines is 1. The lowest BCUT2D eigenvalue weighted by molar-refractivity contribution is -0.141. The van der Waals surface area contributed by atoms with Crippen LogP contribution in [-0.4, -0.2) is 52.7 Å². The maximum absolute atomic E-state index is 14.4. The van der Waals surface area contributed by atoms with E-state index in [0.717, 1.165) is 27.8 Å². The second-order valence-electron chi connectivity index (χ2n) is 11.6. The van der Waals surface area contributed by atoms with Crippen LogP contribution in [0, 0.1) is 27.7 Å². The molecule has 0 spiro atoms.